The molecule has 0 aliphatic heterocycles. The van der Waals surface area contributed by atoms with Crippen LogP contribution in [0.4, 0.5) is 79.0 Å². The normalized spacial score (nSPS) is 14.9. The molecule has 0 bridgehead atoms. The maximum Gasteiger partial charge on any atom is 0.461 e. The summed E-state index contributed by atoms with van der Waals surface area (Å²) in [5.41, 5.74) is 0. The largest absolute Gasteiger partial charge is 0.822 e. The first-order chi connectivity index (χ1) is 23.9. The highest BCUT2D eigenvalue weighted by Gasteiger charge is 2.79. The quantitative estimate of drug-likeness (QED) is 0.0599. The molecular formula is C30H54F18N3O4P. The van der Waals surface area contributed by atoms with Crippen molar-refractivity contribution < 1.29 is 112 Å². The molecule has 0 fully saturated rings. The first-order valence-electron chi connectivity index (χ1n) is 16.6. The van der Waals surface area contributed by atoms with Crippen molar-refractivity contribution in [3.8, 4) is 0 Å². The minimum atomic E-state index is -5.39. The topological polar surface area (TPSA) is 86.2 Å². The number of unbranched alkanes of at least 4 members (excludes halogenated alkanes) is 3. The van der Waals surface area contributed by atoms with Crippen molar-refractivity contribution in [2.24, 2.45) is 0 Å². The lowest BCUT2D eigenvalue weighted by Crippen LogP contribution is -2.68. The van der Waals surface area contributed by atoms with E-state index in [2.05, 4.69) is 0 Å². The van der Waals surface area contributed by atoms with Crippen LogP contribution in [0, 0.1) is 0 Å². The molecular weight excluding hydrogens is 839 g/mol. The summed E-state index contributed by atoms with van der Waals surface area (Å²) in [7, 11) is -0.417. The molecule has 0 spiro atoms. The third-order valence-corrected chi connectivity index (χ3v) is 8.28. The van der Waals surface area contributed by atoms with Gasteiger partial charge in [0.1, 0.15) is 0 Å². The number of rotatable bonds is 18. The molecule has 0 unspecified atom stereocenters. The zero-order valence-electron chi connectivity index (χ0n) is 33.1. The van der Waals surface area contributed by atoms with Crippen LogP contribution in [0.2, 0.25) is 0 Å². The maximum absolute atomic E-state index is 13.5. The highest BCUT2D eigenvalue weighted by Crippen LogP contribution is 2.51. The molecule has 0 aromatic carbocycles. The molecule has 0 atom stereocenters. The van der Waals surface area contributed by atoms with E-state index >= 15 is 0 Å². The van der Waals surface area contributed by atoms with E-state index in [0.717, 1.165) is 42.3 Å². The number of halogens is 18. The van der Waals surface area contributed by atoms with Gasteiger partial charge in [-0.25, -0.2) is 0 Å². The summed E-state index contributed by atoms with van der Waals surface area (Å²) in [6.45, 7) is 3.63. The van der Waals surface area contributed by atoms with Crippen molar-refractivity contribution in [3.05, 3.63) is 0 Å². The molecule has 7 nitrogen and oxygen atoms in total. The van der Waals surface area contributed by atoms with E-state index in [0.29, 0.717) is 19.3 Å². The van der Waals surface area contributed by atoms with E-state index in [1.165, 1.54) is 0 Å². The van der Waals surface area contributed by atoms with E-state index in [-0.39, 0.29) is 59.7 Å². The fourth-order valence-corrected chi connectivity index (χ4v) is 4.01. The standard InChI is InChI=1S/3C10H18F6N.H3O4P/c3*1-5-6-7-17(3,4)10(15,16)9(13,14)8(2,11)12;1-5(2,3)4/h3*5-7H2,1-4H3;(H3,1,2,3,4)/q3*+1;/p-3. The van der Waals surface area contributed by atoms with Gasteiger partial charge in [-0.3, -0.25) is 13.4 Å². The number of phosphoric acid groups is 1. The van der Waals surface area contributed by atoms with E-state index in [1.54, 1.807) is 20.8 Å². The highest BCUT2D eigenvalue weighted by molar-refractivity contribution is 7.40. The highest BCUT2D eigenvalue weighted by atomic mass is 31.2. The summed E-state index contributed by atoms with van der Waals surface area (Å²) < 4.78 is 240. The van der Waals surface area contributed by atoms with Gasteiger partial charge in [-0.2, -0.15) is 60.5 Å². The van der Waals surface area contributed by atoms with Gasteiger partial charge < -0.3 is 19.2 Å². The monoisotopic (exact) mass is 893 g/mol. The Hall–Kier alpha value is -1.27. The Balaban J connectivity index is -0.000000340. The summed E-state index contributed by atoms with van der Waals surface area (Å²) in [5.74, 6) is -30.4. The van der Waals surface area contributed by atoms with Crippen LogP contribution in [0.25, 0.3) is 0 Å². The van der Waals surface area contributed by atoms with Crippen LogP contribution in [-0.4, -0.2) is 129 Å². The first kappa shape index (κ1) is 61.4. The predicted molar refractivity (Wildman–Crippen MR) is 165 cm³/mol. The molecule has 344 valence electrons. The SMILES string of the molecule is CCCC[N+](C)(C)C(F)(F)C(F)(F)C(C)(F)F.CCCC[N+](C)(C)C(F)(F)C(F)(F)C(C)(F)F.CCCC[N+](C)(C)C(F)(F)C(F)(F)C(C)(F)F.O=P([O-])([O-])[O-]. The zero-order valence-corrected chi connectivity index (χ0v) is 34.0. The van der Waals surface area contributed by atoms with Gasteiger partial charge >= 0.3 is 53.7 Å². The second-order valence-corrected chi connectivity index (χ2v) is 15.6. The lowest BCUT2D eigenvalue weighted by atomic mass is 10.1. The Labute approximate surface area is 315 Å². The van der Waals surface area contributed by atoms with Crippen LogP contribution < -0.4 is 14.7 Å². The van der Waals surface area contributed by atoms with Gasteiger partial charge in [-0.05, 0) is 19.3 Å². The van der Waals surface area contributed by atoms with Gasteiger partial charge in [-0.1, -0.05) is 40.0 Å². The molecule has 0 aliphatic carbocycles. The Bertz CT molecular complexity index is 1060. The molecule has 0 saturated heterocycles. The van der Waals surface area contributed by atoms with Gasteiger partial charge in [0.05, 0.1) is 61.9 Å². The fraction of sp³-hybridized carbons (Fsp3) is 1.00. The molecule has 0 rings (SSSR count). The number of quaternary nitrogens is 3. The summed E-state index contributed by atoms with van der Waals surface area (Å²) in [6, 6.07) is -14.5. The van der Waals surface area contributed by atoms with Crippen molar-refractivity contribution in [3.63, 3.8) is 0 Å². The lowest BCUT2D eigenvalue weighted by molar-refractivity contribution is -0.990. The van der Waals surface area contributed by atoms with E-state index < -0.39 is 74.9 Å². The average Bonchev–Trinajstić information content (AvgIpc) is 2.95. The van der Waals surface area contributed by atoms with Gasteiger partial charge in [-0.15, -0.1) is 26.3 Å². The van der Waals surface area contributed by atoms with E-state index in [4.69, 9.17) is 19.2 Å². The molecule has 0 amide bonds. The number of alkyl halides is 18. The molecule has 0 radical (unpaired) electrons. The predicted octanol–water partition coefficient (Wildman–Crippen LogP) is 8.41. The van der Waals surface area contributed by atoms with Crippen molar-refractivity contribution >= 4 is 7.82 Å². The van der Waals surface area contributed by atoms with Crippen LogP contribution in [-0.2, 0) is 4.57 Å². The maximum atomic E-state index is 13.5. The summed E-state index contributed by atoms with van der Waals surface area (Å²) in [4.78, 5) is 25.6. The third kappa shape index (κ3) is 15.7. The van der Waals surface area contributed by atoms with E-state index in [9.17, 15) is 79.0 Å². The van der Waals surface area contributed by atoms with Crippen LogP contribution in [0.15, 0.2) is 0 Å². The number of nitrogens with zero attached hydrogens (tertiary/aromatic N) is 3. The van der Waals surface area contributed by atoms with Crippen molar-refractivity contribution in [1.82, 2.24) is 0 Å². The molecule has 0 aliphatic rings. The molecule has 0 N–H and O–H groups in total. The van der Waals surface area contributed by atoms with Gasteiger partial charge in [0.2, 0.25) is 0 Å². The van der Waals surface area contributed by atoms with Gasteiger partial charge in [0.15, 0.2) is 0 Å². The Morgan fingerprint density at radius 2 is 0.518 bits per heavy atom. The Morgan fingerprint density at radius 3 is 0.607 bits per heavy atom. The molecule has 0 heterocycles. The zero-order chi connectivity index (χ0) is 46.9. The van der Waals surface area contributed by atoms with Crippen molar-refractivity contribution in [2.45, 2.75) is 134 Å². The molecule has 0 saturated carbocycles. The van der Waals surface area contributed by atoms with Crippen molar-refractivity contribution in [2.75, 3.05) is 61.9 Å². The Kier molecular flexibility index (Phi) is 22.3. The average molecular weight is 894 g/mol. The first-order valence-corrected chi connectivity index (χ1v) is 18.0. The number of hydrogen-bond acceptors (Lipinski definition) is 4. The number of hydrogen-bond donors (Lipinski definition) is 0. The van der Waals surface area contributed by atoms with Crippen LogP contribution in [0.1, 0.15) is 80.1 Å². The lowest BCUT2D eigenvalue weighted by Gasteiger charge is -2.41. The second-order valence-electron chi connectivity index (χ2n) is 14.7. The van der Waals surface area contributed by atoms with Crippen LogP contribution >= 0.6 is 7.82 Å². The fourth-order valence-electron chi connectivity index (χ4n) is 4.01. The molecule has 26 heteroatoms. The third-order valence-electron chi connectivity index (χ3n) is 8.28. The van der Waals surface area contributed by atoms with Crippen LogP contribution in [0.3, 0.4) is 0 Å². The van der Waals surface area contributed by atoms with Crippen molar-refractivity contribution in [1.29, 1.82) is 0 Å². The van der Waals surface area contributed by atoms with Gasteiger partial charge in [0.25, 0.3) is 0 Å². The minimum absolute atomic E-state index is 0.194. The second kappa shape index (κ2) is 20.3. The van der Waals surface area contributed by atoms with Crippen LogP contribution in [0.5, 0.6) is 0 Å². The molecule has 0 aromatic heterocycles. The minimum Gasteiger partial charge on any atom is -0.822 e. The Morgan fingerprint density at radius 1 is 0.393 bits per heavy atom. The summed E-state index contributed by atoms with van der Waals surface area (Å²) in [5, 5.41) is 0. The summed E-state index contributed by atoms with van der Waals surface area (Å²) >= 11 is 0. The van der Waals surface area contributed by atoms with E-state index in [1.807, 2.05) is 0 Å². The molecule has 56 heavy (non-hydrogen) atoms. The summed E-state index contributed by atoms with van der Waals surface area (Å²) in [6.07, 6.45) is 2.33. The smallest absolute Gasteiger partial charge is 0.461 e. The van der Waals surface area contributed by atoms with Gasteiger partial charge in [0, 0.05) is 20.8 Å². The molecule has 0 aromatic rings.